The van der Waals surface area contributed by atoms with Gasteiger partial charge in [-0.05, 0) is 97.9 Å². The van der Waals surface area contributed by atoms with Crippen molar-refractivity contribution >= 4 is 24.3 Å². The molecule has 8 heteroatoms. The first-order valence-corrected chi connectivity index (χ1v) is 28.0. The quantitative estimate of drug-likeness (QED) is 0.0323. The first-order valence-electron chi connectivity index (χ1n) is 28.0. The van der Waals surface area contributed by atoms with E-state index in [1.807, 2.05) is 0 Å². The minimum atomic E-state index is 0.670. The van der Waals surface area contributed by atoms with Gasteiger partial charge in [-0.3, -0.25) is 0 Å². The molecule has 0 aromatic heterocycles. The second-order valence-corrected chi connectivity index (χ2v) is 23.0. The summed E-state index contributed by atoms with van der Waals surface area (Å²) >= 11 is 0. The number of likely N-dealkylation sites (N-methyl/N-ethyl adjacent to an activating group) is 4. The van der Waals surface area contributed by atoms with Crippen LogP contribution in [0.5, 0.6) is 23.0 Å². The molecule has 0 N–H and O–H groups in total. The van der Waals surface area contributed by atoms with Gasteiger partial charge < -0.3 is 36.9 Å². The molecule has 0 radical (unpaired) electrons. The number of quaternary nitrogens is 4. The van der Waals surface area contributed by atoms with E-state index in [2.05, 4.69) is 169 Å². The number of unbranched alkanes of at least 4 members (excludes halogenated alkanes) is 12. The second kappa shape index (κ2) is 33.0. The molecule has 0 aliphatic carbocycles. The molecule has 0 aliphatic heterocycles. The highest BCUT2D eigenvalue weighted by molar-refractivity contribution is 5.74. The van der Waals surface area contributed by atoms with Gasteiger partial charge in [0.2, 0.25) is 0 Å². The van der Waals surface area contributed by atoms with Crippen LogP contribution in [0.4, 0.5) is 0 Å². The summed E-state index contributed by atoms with van der Waals surface area (Å²) < 4.78 is 29.7. The molecule has 3 rings (SSSR count). The van der Waals surface area contributed by atoms with Crippen LogP contribution in [0.3, 0.4) is 0 Å². The zero-order valence-electron chi connectivity index (χ0n) is 47.3. The Kier molecular flexibility index (Phi) is 28.5. The molecule has 0 saturated heterocycles. The predicted octanol–water partition coefficient (Wildman–Crippen LogP) is 14.2. The first-order chi connectivity index (χ1) is 33.5. The molecule has 0 fully saturated rings. The summed E-state index contributed by atoms with van der Waals surface area (Å²) in [6.07, 6.45) is 29.3. The molecule has 0 heterocycles. The summed E-state index contributed by atoms with van der Waals surface area (Å²) in [6.45, 7) is 20.4. The second-order valence-electron chi connectivity index (χ2n) is 23.0. The maximum Gasteiger partial charge on any atom is 0.137 e. The molecule has 8 nitrogen and oxygen atoms in total. The Labute approximate surface area is 431 Å². The number of nitrogens with zero attached hydrogens (tertiary/aromatic N) is 4. The lowest BCUT2D eigenvalue weighted by molar-refractivity contribution is -0.890. The smallest absolute Gasteiger partial charge is 0.137 e. The molecule has 0 aliphatic rings. The third kappa shape index (κ3) is 27.7. The van der Waals surface area contributed by atoms with E-state index >= 15 is 0 Å². The summed E-state index contributed by atoms with van der Waals surface area (Å²) in [6, 6.07) is 21.5. The topological polar surface area (TPSA) is 36.9 Å². The molecule has 0 bridgehead atoms. The molecule has 3 aromatic rings. The fourth-order valence-electron chi connectivity index (χ4n) is 8.77. The molecule has 0 unspecified atom stereocenters. The van der Waals surface area contributed by atoms with Crippen LogP contribution < -0.4 is 18.9 Å². The number of benzene rings is 3. The monoisotopic (exact) mass is 971 g/mol. The van der Waals surface area contributed by atoms with Gasteiger partial charge in [-0.2, -0.15) is 0 Å². The first kappa shape index (κ1) is 60.5. The van der Waals surface area contributed by atoms with Crippen molar-refractivity contribution < 1.29 is 36.9 Å². The van der Waals surface area contributed by atoms with Gasteiger partial charge >= 0.3 is 0 Å². The van der Waals surface area contributed by atoms with Crippen LogP contribution in [0.1, 0.15) is 153 Å². The Balaban J connectivity index is 1.75. The molecule has 394 valence electrons. The average Bonchev–Trinajstić information content (AvgIpc) is 3.31. The van der Waals surface area contributed by atoms with E-state index in [9.17, 15) is 0 Å². The highest BCUT2D eigenvalue weighted by Crippen LogP contribution is 2.27. The van der Waals surface area contributed by atoms with Crippen LogP contribution >= 0.6 is 0 Å². The summed E-state index contributed by atoms with van der Waals surface area (Å²) in [5.41, 5.74) is 4.42. The standard InChI is InChI=1S/C62H106N4O4/c1-13-17-21-25-37-63(5,6)41-45-67-59-49-57(50-60(53-59)68-46-42-64(7,8)38-26-22-18-14-2)35-33-55-29-31-56(32-30-55)34-36-58-51-61(69-47-43-65(9,10)39-27-23-19-15-3)54-62(52-58)70-48-44-66(11,12)40-28-24-20-16-4/h29-36,49-54H,13-28,37-48H2,1-12H3/q+4/b35-33+,36-34+. The van der Waals surface area contributed by atoms with Crippen molar-refractivity contribution in [2.24, 2.45) is 0 Å². The molecule has 3 aromatic carbocycles. The van der Waals surface area contributed by atoms with Gasteiger partial charge in [0.1, 0.15) is 75.6 Å². The van der Waals surface area contributed by atoms with E-state index in [0.29, 0.717) is 26.4 Å². The van der Waals surface area contributed by atoms with Gasteiger partial charge in [0, 0.05) is 12.1 Å². The van der Waals surface area contributed by atoms with Crippen LogP contribution in [-0.2, 0) is 0 Å². The van der Waals surface area contributed by atoms with Crippen molar-refractivity contribution in [1.82, 2.24) is 0 Å². The Bertz CT molecular complexity index is 1670. The van der Waals surface area contributed by atoms with Gasteiger partial charge in [0.25, 0.3) is 0 Å². The zero-order chi connectivity index (χ0) is 51.1. The summed E-state index contributed by atoms with van der Waals surface area (Å²) in [5, 5.41) is 0. The van der Waals surface area contributed by atoms with Gasteiger partial charge in [-0.25, -0.2) is 0 Å². The van der Waals surface area contributed by atoms with Crippen molar-refractivity contribution in [3.8, 4) is 23.0 Å². The maximum atomic E-state index is 6.47. The van der Waals surface area contributed by atoms with E-state index < -0.39 is 0 Å². The number of ether oxygens (including phenoxy) is 4. The highest BCUT2D eigenvalue weighted by Gasteiger charge is 2.19. The van der Waals surface area contributed by atoms with Crippen molar-refractivity contribution in [1.29, 1.82) is 0 Å². The average molecular weight is 972 g/mol. The third-order valence-electron chi connectivity index (χ3n) is 14.0. The van der Waals surface area contributed by atoms with E-state index in [0.717, 1.165) is 89.4 Å². The van der Waals surface area contributed by atoms with Crippen LogP contribution in [0.15, 0.2) is 60.7 Å². The maximum absolute atomic E-state index is 6.47. The fourth-order valence-corrected chi connectivity index (χ4v) is 8.77. The number of rotatable bonds is 40. The van der Waals surface area contributed by atoms with Crippen LogP contribution in [0.25, 0.3) is 24.3 Å². The zero-order valence-corrected chi connectivity index (χ0v) is 47.3. The minimum absolute atomic E-state index is 0.670. The van der Waals surface area contributed by atoms with Crippen molar-refractivity contribution in [3.05, 3.63) is 82.9 Å². The molecule has 0 spiro atoms. The Morgan fingerprint density at radius 1 is 0.286 bits per heavy atom. The largest absolute Gasteiger partial charge is 0.488 e. The van der Waals surface area contributed by atoms with Crippen molar-refractivity contribution in [2.45, 2.75) is 130 Å². The molecule has 0 atom stereocenters. The number of hydrogen-bond donors (Lipinski definition) is 0. The molecular formula is C62H106N4O4+4. The lowest BCUT2D eigenvalue weighted by atomic mass is 10.1. The van der Waals surface area contributed by atoms with Crippen molar-refractivity contribution in [2.75, 3.05) is 135 Å². The fraction of sp³-hybridized carbons (Fsp3) is 0.645. The van der Waals surface area contributed by atoms with E-state index in [1.165, 1.54) is 129 Å². The highest BCUT2D eigenvalue weighted by atomic mass is 16.5. The summed E-state index contributed by atoms with van der Waals surface area (Å²) in [5.74, 6) is 3.45. The lowest BCUT2D eigenvalue weighted by Gasteiger charge is -2.30. The normalized spacial score (nSPS) is 12.6. The van der Waals surface area contributed by atoms with Crippen LogP contribution in [0, 0.1) is 0 Å². The van der Waals surface area contributed by atoms with E-state index in [4.69, 9.17) is 18.9 Å². The summed E-state index contributed by atoms with van der Waals surface area (Å²) in [7, 11) is 18.6. The molecule has 70 heavy (non-hydrogen) atoms. The van der Waals surface area contributed by atoms with Crippen LogP contribution in [-0.4, -0.2) is 153 Å². The van der Waals surface area contributed by atoms with Gasteiger partial charge in [-0.1, -0.05) is 128 Å². The van der Waals surface area contributed by atoms with E-state index in [-0.39, 0.29) is 0 Å². The van der Waals surface area contributed by atoms with Gasteiger partial charge in [-0.15, -0.1) is 0 Å². The van der Waals surface area contributed by atoms with Gasteiger partial charge in [0.05, 0.1) is 82.6 Å². The Hall–Kier alpha value is -3.82. The third-order valence-corrected chi connectivity index (χ3v) is 14.0. The van der Waals surface area contributed by atoms with E-state index in [1.54, 1.807) is 0 Å². The molecule has 0 amide bonds. The Morgan fingerprint density at radius 2 is 0.514 bits per heavy atom. The summed E-state index contributed by atoms with van der Waals surface area (Å²) in [4.78, 5) is 0. The molecular weight excluding hydrogens is 865 g/mol. The predicted molar refractivity (Wildman–Crippen MR) is 303 cm³/mol. The lowest BCUT2D eigenvalue weighted by Crippen LogP contribution is -2.43. The van der Waals surface area contributed by atoms with Crippen LogP contribution in [0.2, 0.25) is 0 Å². The Morgan fingerprint density at radius 3 is 0.743 bits per heavy atom. The van der Waals surface area contributed by atoms with Gasteiger partial charge in [0.15, 0.2) is 0 Å². The molecule has 0 saturated carbocycles. The number of hydrogen-bond acceptors (Lipinski definition) is 4. The minimum Gasteiger partial charge on any atom is -0.488 e. The SMILES string of the molecule is CCCCCC[N+](C)(C)CCOc1cc(/C=C/c2ccc(/C=C/c3cc(OCC[N+](C)(C)CCCCCC)cc(OCC[N+](C)(C)CCCCCC)c3)cc2)cc(OCC[N+](C)(C)CCCCCC)c1. The van der Waals surface area contributed by atoms with Crippen molar-refractivity contribution in [3.63, 3.8) is 0 Å².